The number of carbonyl (C=O) groups is 1. The average molecular weight is 439 g/mol. The standard InChI is InChI=1S/C17H19BrN4O3S/c18-12-3-5-15(6-4-12)26(24,25)22-9-1-2-14(11-22)21-13-7-8-20-16(10-13)17(19)23/h3-8,10,14H,1-2,9,11H2,(H2,19,23)(H,20,21). The van der Waals surface area contributed by atoms with Crippen LogP contribution < -0.4 is 11.1 Å². The minimum absolute atomic E-state index is 0.0582. The normalized spacial score (nSPS) is 18.4. The van der Waals surface area contributed by atoms with Gasteiger partial charge in [0, 0.05) is 35.5 Å². The van der Waals surface area contributed by atoms with Crippen molar-refractivity contribution in [3.8, 4) is 0 Å². The summed E-state index contributed by atoms with van der Waals surface area (Å²) in [5.41, 5.74) is 6.12. The van der Waals surface area contributed by atoms with Crippen molar-refractivity contribution in [2.24, 2.45) is 5.73 Å². The second-order valence-electron chi connectivity index (χ2n) is 6.09. The van der Waals surface area contributed by atoms with Crippen molar-refractivity contribution < 1.29 is 13.2 Å². The number of benzene rings is 1. The van der Waals surface area contributed by atoms with E-state index in [1.807, 2.05) is 0 Å². The van der Waals surface area contributed by atoms with Crippen LogP contribution in [0, 0.1) is 0 Å². The number of carbonyl (C=O) groups excluding carboxylic acids is 1. The van der Waals surface area contributed by atoms with Crippen molar-refractivity contribution in [2.45, 2.75) is 23.8 Å². The van der Waals surface area contributed by atoms with Gasteiger partial charge in [0.05, 0.1) is 4.90 Å². The van der Waals surface area contributed by atoms with Crippen molar-refractivity contribution in [3.05, 3.63) is 52.8 Å². The molecule has 1 aliphatic heterocycles. The van der Waals surface area contributed by atoms with Crippen LogP contribution in [0.3, 0.4) is 0 Å². The molecule has 7 nitrogen and oxygen atoms in total. The fraction of sp³-hybridized carbons (Fsp3) is 0.294. The highest BCUT2D eigenvalue weighted by atomic mass is 79.9. The number of amides is 1. The molecule has 1 saturated heterocycles. The second-order valence-corrected chi connectivity index (χ2v) is 8.95. The molecule has 2 aromatic rings. The molecule has 0 spiro atoms. The maximum atomic E-state index is 12.9. The lowest BCUT2D eigenvalue weighted by Crippen LogP contribution is -2.45. The molecule has 1 unspecified atom stereocenters. The summed E-state index contributed by atoms with van der Waals surface area (Å²) in [5.74, 6) is -0.600. The van der Waals surface area contributed by atoms with Gasteiger partial charge < -0.3 is 11.1 Å². The number of primary amides is 1. The summed E-state index contributed by atoms with van der Waals surface area (Å²) in [7, 11) is -3.54. The van der Waals surface area contributed by atoms with Gasteiger partial charge in [0.25, 0.3) is 5.91 Å². The summed E-state index contributed by atoms with van der Waals surface area (Å²) in [4.78, 5) is 15.4. The maximum Gasteiger partial charge on any atom is 0.267 e. The number of sulfonamides is 1. The minimum atomic E-state index is -3.54. The highest BCUT2D eigenvalue weighted by Gasteiger charge is 2.30. The van der Waals surface area contributed by atoms with Crippen LogP contribution in [0.1, 0.15) is 23.3 Å². The van der Waals surface area contributed by atoms with E-state index in [-0.39, 0.29) is 16.6 Å². The molecular weight excluding hydrogens is 420 g/mol. The molecule has 1 aromatic heterocycles. The molecule has 1 atom stereocenters. The summed E-state index contributed by atoms with van der Waals surface area (Å²) < 4.78 is 28.0. The zero-order chi connectivity index (χ0) is 18.7. The lowest BCUT2D eigenvalue weighted by Gasteiger charge is -2.33. The number of hydrogen-bond acceptors (Lipinski definition) is 5. The fourth-order valence-corrected chi connectivity index (χ4v) is 4.71. The van der Waals surface area contributed by atoms with Crippen LogP contribution in [-0.4, -0.2) is 42.7 Å². The molecule has 0 radical (unpaired) electrons. The molecule has 0 aliphatic carbocycles. The summed E-state index contributed by atoms with van der Waals surface area (Å²) in [6, 6.07) is 9.87. The van der Waals surface area contributed by atoms with Gasteiger partial charge in [0.1, 0.15) is 5.69 Å². The fourth-order valence-electron chi connectivity index (χ4n) is 2.92. The van der Waals surface area contributed by atoms with Crippen LogP contribution in [0.15, 0.2) is 52.0 Å². The van der Waals surface area contributed by atoms with E-state index < -0.39 is 15.9 Å². The van der Waals surface area contributed by atoms with E-state index in [0.717, 1.165) is 17.3 Å². The molecule has 1 aromatic carbocycles. The van der Waals surface area contributed by atoms with Crippen molar-refractivity contribution in [2.75, 3.05) is 18.4 Å². The molecule has 1 aliphatic rings. The third kappa shape index (κ3) is 4.22. The minimum Gasteiger partial charge on any atom is -0.381 e. The number of pyridine rings is 1. The molecule has 1 amide bonds. The number of piperidine rings is 1. The first-order chi connectivity index (χ1) is 12.4. The van der Waals surface area contributed by atoms with E-state index in [0.29, 0.717) is 18.8 Å². The Morgan fingerprint density at radius 1 is 1.27 bits per heavy atom. The lowest BCUT2D eigenvalue weighted by atomic mass is 10.1. The van der Waals surface area contributed by atoms with E-state index in [1.54, 1.807) is 36.4 Å². The first-order valence-corrected chi connectivity index (χ1v) is 10.4. The van der Waals surface area contributed by atoms with Crippen LogP contribution in [0.4, 0.5) is 5.69 Å². The Hall–Kier alpha value is -1.97. The Balaban J connectivity index is 1.74. The van der Waals surface area contributed by atoms with Crippen LogP contribution >= 0.6 is 15.9 Å². The van der Waals surface area contributed by atoms with Crippen LogP contribution in [0.5, 0.6) is 0 Å². The van der Waals surface area contributed by atoms with Gasteiger partial charge in [-0.15, -0.1) is 0 Å². The van der Waals surface area contributed by atoms with Crippen molar-refractivity contribution in [1.82, 2.24) is 9.29 Å². The van der Waals surface area contributed by atoms with Crippen molar-refractivity contribution in [3.63, 3.8) is 0 Å². The Labute approximate surface area is 160 Å². The van der Waals surface area contributed by atoms with Gasteiger partial charge in [0.15, 0.2) is 0 Å². The van der Waals surface area contributed by atoms with E-state index in [1.165, 1.54) is 10.5 Å². The highest BCUT2D eigenvalue weighted by molar-refractivity contribution is 9.10. The van der Waals surface area contributed by atoms with Gasteiger partial charge in [-0.25, -0.2) is 8.42 Å². The molecule has 3 N–H and O–H groups in total. The van der Waals surface area contributed by atoms with Gasteiger partial charge in [0.2, 0.25) is 10.0 Å². The summed E-state index contributed by atoms with van der Waals surface area (Å²) in [5, 5.41) is 3.28. The average Bonchev–Trinajstić information content (AvgIpc) is 2.62. The summed E-state index contributed by atoms with van der Waals surface area (Å²) in [6.45, 7) is 0.839. The molecule has 9 heteroatoms. The number of rotatable bonds is 5. The second kappa shape index (κ2) is 7.73. The molecule has 3 rings (SSSR count). The van der Waals surface area contributed by atoms with Crippen molar-refractivity contribution >= 4 is 37.5 Å². The smallest absolute Gasteiger partial charge is 0.267 e. The zero-order valence-corrected chi connectivity index (χ0v) is 16.3. The van der Waals surface area contributed by atoms with Gasteiger partial charge in [-0.05, 0) is 49.2 Å². The van der Waals surface area contributed by atoms with Crippen LogP contribution in [0.2, 0.25) is 0 Å². The number of hydrogen-bond donors (Lipinski definition) is 2. The van der Waals surface area contributed by atoms with Crippen LogP contribution in [-0.2, 0) is 10.0 Å². The Morgan fingerprint density at radius 2 is 2.00 bits per heavy atom. The topological polar surface area (TPSA) is 105 Å². The third-order valence-electron chi connectivity index (χ3n) is 4.22. The quantitative estimate of drug-likeness (QED) is 0.743. The van der Waals surface area contributed by atoms with Crippen LogP contribution in [0.25, 0.3) is 0 Å². The molecular formula is C17H19BrN4O3S. The van der Waals surface area contributed by atoms with Gasteiger partial charge in [-0.2, -0.15) is 4.31 Å². The Kier molecular flexibility index (Phi) is 5.59. The lowest BCUT2D eigenvalue weighted by molar-refractivity contribution is 0.0995. The van der Waals surface area contributed by atoms with E-state index in [2.05, 4.69) is 26.2 Å². The SMILES string of the molecule is NC(=O)c1cc(NC2CCCN(S(=O)(=O)c3ccc(Br)cc3)C2)ccn1. The number of nitrogens with two attached hydrogens (primary N) is 1. The van der Waals surface area contributed by atoms with E-state index in [4.69, 9.17) is 5.73 Å². The maximum absolute atomic E-state index is 12.9. The molecule has 0 bridgehead atoms. The first-order valence-electron chi connectivity index (χ1n) is 8.14. The Bertz CT molecular complexity index is 902. The zero-order valence-electron chi connectivity index (χ0n) is 13.9. The molecule has 0 saturated carbocycles. The predicted octanol–water partition coefficient (Wildman–Crippen LogP) is 2.21. The highest BCUT2D eigenvalue weighted by Crippen LogP contribution is 2.24. The number of nitrogens with one attached hydrogen (secondary N) is 1. The summed E-state index contributed by atoms with van der Waals surface area (Å²) in [6.07, 6.45) is 3.09. The predicted molar refractivity (Wildman–Crippen MR) is 102 cm³/mol. The molecule has 138 valence electrons. The Morgan fingerprint density at radius 3 is 2.69 bits per heavy atom. The van der Waals surface area contributed by atoms with Gasteiger partial charge >= 0.3 is 0 Å². The number of aromatic nitrogens is 1. The monoisotopic (exact) mass is 438 g/mol. The van der Waals surface area contributed by atoms with E-state index in [9.17, 15) is 13.2 Å². The third-order valence-corrected chi connectivity index (χ3v) is 6.63. The van der Waals surface area contributed by atoms with Gasteiger partial charge in [-0.3, -0.25) is 9.78 Å². The van der Waals surface area contributed by atoms with Crippen molar-refractivity contribution in [1.29, 1.82) is 0 Å². The molecule has 26 heavy (non-hydrogen) atoms. The number of nitrogens with zero attached hydrogens (tertiary/aromatic N) is 2. The van der Waals surface area contributed by atoms with Gasteiger partial charge in [-0.1, -0.05) is 15.9 Å². The molecule has 2 heterocycles. The number of halogens is 1. The molecule has 1 fully saturated rings. The first kappa shape index (κ1) is 18.8. The number of anilines is 1. The summed E-state index contributed by atoms with van der Waals surface area (Å²) >= 11 is 3.31. The largest absolute Gasteiger partial charge is 0.381 e. The van der Waals surface area contributed by atoms with E-state index >= 15 is 0 Å².